The van der Waals surface area contributed by atoms with Crippen LogP contribution in [0.15, 0.2) is 36.5 Å². The molecule has 1 aromatic heterocycles. The van der Waals surface area contributed by atoms with E-state index >= 15 is 0 Å². The molecule has 0 fully saturated rings. The minimum Gasteiger partial charge on any atom is -0.478 e. The Balaban J connectivity index is 2.03. The van der Waals surface area contributed by atoms with E-state index in [4.69, 9.17) is 4.74 Å². The molecular formula is C17H18F2N2O3. The number of aromatic nitrogens is 1. The summed E-state index contributed by atoms with van der Waals surface area (Å²) in [5, 5.41) is 12.8. The van der Waals surface area contributed by atoms with Gasteiger partial charge in [-0.15, -0.1) is 0 Å². The maximum absolute atomic E-state index is 13.2. The average Bonchev–Trinajstić information content (AvgIpc) is 2.57. The molecule has 7 heteroatoms. The maximum Gasteiger partial charge on any atom is 0.253 e. The van der Waals surface area contributed by atoms with Crippen LogP contribution in [0.4, 0.5) is 8.78 Å². The fraction of sp³-hybridized carbons (Fsp3) is 0.294. The van der Waals surface area contributed by atoms with Crippen molar-refractivity contribution >= 4 is 5.91 Å². The van der Waals surface area contributed by atoms with Gasteiger partial charge in [0.1, 0.15) is 0 Å². The van der Waals surface area contributed by atoms with Crippen LogP contribution < -0.4 is 10.1 Å². The molecule has 1 aromatic carbocycles. The van der Waals surface area contributed by atoms with Crippen molar-refractivity contribution in [2.45, 2.75) is 26.0 Å². The van der Waals surface area contributed by atoms with Gasteiger partial charge in [0.2, 0.25) is 5.88 Å². The summed E-state index contributed by atoms with van der Waals surface area (Å²) in [5.41, 5.74) is 0.467. The molecule has 0 aliphatic rings. The van der Waals surface area contributed by atoms with Gasteiger partial charge in [-0.2, -0.15) is 0 Å². The summed E-state index contributed by atoms with van der Waals surface area (Å²) in [6, 6.07) is 5.50. The minimum absolute atomic E-state index is 0.173. The number of nitrogens with zero attached hydrogens (tertiary/aromatic N) is 1. The maximum atomic E-state index is 13.2. The SMILES string of the molecule is CCOc1ccc(C(=O)NC(C)C(O)c2ccc(F)c(F)c2)cn1. The molecule has 0 bridgehead atoms. The number of carbonyl (C=O) groups excluding carboxylic acids is 1. The molecule has 2 N–H and O–H groups in total. The van der Waals surface area contributed by atoms with Crippen molar-refractivity contribution in [3.8, 4) is 5.88 Å². The lowest BCUT2D eigenvalue weighted by molar-refractivity contribution is 0.0851. The Morgan fingerprint density at radius 2 is 2.04 bits per heavy atom. The van der Waals surface area contributed by atoms with E-state index in [2.05, 4.69) is 10.3 Å². The van der Waals surface area contributed by atoms with Crippen LogP contribution >= 0.6 is 0 Å². The van der Waals surface area contributed by atoms with Crippen molar-refractivity contribution in [2.24, 2.45) is 0 Å². The van der Waals surface area contributed by atoms with Gasteiger partial charge in [0.25, 0.3) is 5.91 Å². The Hall–Kier alpha value is -2.54. The fourth-order valence-corrected chi connectivity index (χ4v) is 2.10. The number of rotatable bonds is 6. The van der Waals surface area contributed by atoms with Crippen LogP contribution in [0, 0.1) is 11.6 Å². The molecule has 24 heavy (non-hydrogen) atoms. The highest BCUT2D eigenvalue weighted by Crippen LogP contribution is 2.19. The first-order valence-corrected chi connectivity index (χ1v) is 7.45. The second-order valence-corrected chi connectivity index (χ2v) is 5.20. The van der Waals surface area contributed by atoms with Crippen LogP contribution in [0.2, 0.25) is 0 Å². The van der Waals surface area contributed by atoms with E-state index in [0.29, 0.717) is 18.1 Å². The minimum atomic E-state index is -1.18. The van der Waals surface area contributed by atoms with Gasteiger partial charge in [0.15, 0.2) is 11.6 Å². The van der Waals surface area contributed by atoms with Gasteiger partial charge < -0.3 is 15.2 Å². The number of benzene rings is 1. The molecule has 1 heterocycles. The molecule has 2 atom stereocenters. The van der Waals surface area contributed by atoms with Crippen molar-refractivity contribution in [1.82, 2.24) is 10.3 Å². The van der Waals surface area contributed by atoms with Crippen LogP contribution in [0.5, 0.6) is 5.88 Å². The summed E-state index contributed by atoms with van der Waals surface area (Å²) in [4.78, 5) is 16.1. The standard InChI is InChI=1S/C17H18F2N2O3/c1-3-24-15-7-5-12(9-20-15)17(23)21-10(2)16(22)11-4-6-13(18)14(19)8-11/h4-10,16,22H,3H2,1-2H3,(H,21,23). The molecule has 2 rings (SSSR count). The molecule has 5 nitrogen and oxygen atoms in total. The highest BCUT2D eigenvalue weighted by Gasteiger charge is 2.20. The van der Waals surface area contributed by atoms with Gasteiger partial charge >= 0.3 is 0 Å². The first kappa shape index (κ1) is 17.8. The summed E-state index contributed by atoms with van der Waals surface area (Å²) in [5.74, 6) is -2.09. The Morgan fingerprint density at radius 3 is 2.62 bits per heavy atom. The second kappa shape index (κ2) is 7.83. The number of carbonyl (C=O) groups is 1. The zero-order valence-corrected chi connectivity index (χ0v) is 13.3. The van der Waals surface area contributed by atoms with E-state index < -0.39 is 29.7 Å². The normalized spacial score (nSPS) is 13.2. The molecule has 2 aromatic rings. The van der Waals surface area contributed by atoms with Crippen molar-refractivity contribution in [3.63, 3.8) is 0 Å². The van der Waals surface area contributed by atoms with Crippen molar-refractivity contribution in [1.29, 1.82) is 0 Å². The number of hydrogen-bond acceptors (Lipinski definition) is 4. The van der Waals surface area contributed by atoms with E-state index in [-0.39, 0.29) is 5.56 Å². The smallest absolute Gasteiger partial charge is 0.253 e. The average molecular weight is 336 g/mol. The lowest BCUT2D eigenvalue weighted by Gasteiger charge is -2.20. The predicted molar refractivity (Wildman–Crippen MR) is 83.7 cm³/mol. The van der Waals surface area contributed by atoms with Gasteiger partial charge in [-0.1, -0.05) is 6.07 Å². The Morgan fingerprint density at radius 1 is 1.29 bits per heavy atom. The third-order valence-electron chi connectivity index (χ3n) is 3.41. The van der Waals surface area contributed by atoms with E-state index in [9.17, 15) is 18.7 Å². The van der Waals surface area contributed by atoms with E-state index in [0.717, 1.165) is 12.1 Å². The van der Waals surface area contributed by atoms with Crippen LogP contribution in [-0.4, -0.2) is 28.6 Å². The number of halogens is 2. The van der Waals surface area contributed by atoms with Gasteiger partial charge in [-0.05, 0) is 37.6 Å². The first-order chi connectivity index (χ1) is 11.4. The lowest BCUT2D eigenvalue weighted by atomic mass is 10.0. The Bertz CT molecular complexity index is 707. The summed E-state index contributed by atoms with van der Waals surface area (Å²) in [7, 11) is 0. The molecule has 2 unspecified atom stereocenters. The molecular weight excluding hydrogens is 318 g/mol. The predicted octanol–water partition coefficient (Wildman–Crippen LogP) is 2.61. The zero-order valence-electron chi connectivity index (χ0n) is 13.3. The van der Waals surface area contributed by atoms with E-state index in [1.165, 1.54) is 12.3 Å². The number of nitrogens with one attached hydrogen (secondary N) is 1. The largest absolute Gasteiger partial charge is 0.478 e. The summed E-state index contributed by atoms with van der Waals surface area (Å²) < 4.78 is 31.4. The van der Waals surface area contributed by atoms with E-state index in [1.807, 2.05) is 6.92 Å². The zero-order chi connectivity index (χ0) is 17.7. The molecule has 128 valence electrons. The highest BCUT2D eigenvalue weighted by molar-refractivity contribution is 5.94. The molecule has 0 saturated carbocycles. The topological polar surface area (TPSA) is 71.5 Å². The van der Waals surface area contributed by atoms with Gasteiger partial charge in [-0.25, -0.2) is 13.8 Å². The number of ether oxygens (including phenoxy) is 1. The molecule has 0 spiro atoms. The Kier molecular flexibility index (Phi) is 5.81. The monoisotopic (exact) mass is 336 g/mol. The molecule has 1 amide bonds. The number of pyridine rings is 1. The number of aliphatic hydroxyl groups excluding tert-OH is 1. The van der Waals surface area contributed by atoms with Crippen LogP contribution in [0.1, 0.15) is 35.9 Å². The Labute approximate surface area is 138 Å². The third kappa shape index (κ3) is 4.26. The molecule has 0 aliphatic carbocycles. The van der Waals surface area contributed by atoms with Crippen LogP contribution in [-0.2, 0) is 0 Å². The fourth-order valence-electron chi connectivity index (χ4n) is 2.10. The highest BCUT2D eigenvalue weighted by atomic mass is 19.2. The van der Waals surface area contributed by atoms with Gasteiger partial charge in [-0.3, -0.25) is 4.79 Å². The first-order valence-electron chi connectivity index (χ1n) is 7.45. The summed E-state index contributed by atoms with van der Waals surface area (Å²) in [6.45, 7) is 3.85. The van der Waals surface area contributed by atoms with Crippen LogP contribution in [0.25, 0.3) is 0 Å². The number of amides is 1. The van der Waals surface area contributed by atoms with E-state index in [1.54, 1.807) is 19.1 Å². The molecule has 0 saturated heterocycles. The summed E-state index contributed by atoms with van der Waals surface area (Å²) in [6.07, 6.45) is 0.177. The number of hydrogen-bond donors (Lipinski definition) is 2. The third-order valence-corrected chi connectivity index (χ3v) is 3.41. The number of aliphatic hydroxyl groups is 1. The molecule has 0 radical (unpaired) electrons. The lowest BCUT2D eigenvalue weighted by Crippen LogP contribution is -2.37. The second-order valence-electron chi connectivity index (χ2n) is 5.20. The summed E-state index contributed by atoms with van der Waals surface area (Å²) >= 11 is 0. The van der Waals surface area contributed by atoms with Gasteiger partial charge in [0, 0.05) is 12.3 Å². The van der Waals surface area contributed by atoms with Crippen molar-refractivity contribution in [2.75, 3.05) is 6.61 Å². The van der Waals surface area contributed by atoms with Crippen molar-refractivity contribution < 1.29 is 23.4 Å². The molecule has 0 aliphatic heterocycles. The van der Waals surface area contributed by atoms with Crippen molar-refractivity contribution in [3.05, 3.63) is 59.3 Å². The van der Waals surface area contributed by atoms with Crippen LogP contribution in [0.3, 0.4) is 0 Å². The quantitative estimate of drug-likeness (QED) is 0.851. The van der Waals surface area contributed by atoms with Gasteiger partial charge in [0.05, 0.1) is 24.3 Å².